The van der Waals surface area contributed by atoms with Crippen molar-refractivity contribution in [3.8, 4) is 0 Å². The van der Waals surface area contributed by atoms with E-state index in [0.717, 1.165) is 19.5 Å². The zero-order valence-electron chi connectivity index (χ0n) is 13.4. The number of piperidine rings is 1. The van der Waals surface area contributed by atoms with Crippen LogP contribution in [0.25, 0.3) is 0 Å². The molecule has 1 fully saturated rings. The first-order chi connectivity index (χ1) is 11.5. The number of nitrogens with one attached hydrogen (secondary N) is 1. The molecule has 0 spiro atoms. The molecule has 0 bridgehead atoms. The normalized spacial score (nSPS) is 17.6. The Morgan fingerprint density at radius 1 is 1.29 bits per heavy atom. The van der Waals surface area contributed by atoms with Crippen molar-refractivity contribution in [2.75, 3.05) is 18.4 Å². The third-order valence-corrected chi connectivity index (χ3v) is 4.79. The van der Waals surface area contributed by atoms with Crippen LogP contribution in [0.2, 0.25) is 10.0 Å². The van der Waals surface area contributed by atoms with E-state index in [0.29, 0.717) is 32.9 Å². The summed E-state index contributed by atoms with van der Waals surface area (Å²) in [6.07, 6.45) is 5.47. The van der Waals surface area contributed by atoms with Crippen LogP contribution in [0.15, 0.2) is 36.7 Å². The molecule has 1 aromatic carbocycles. The molecule has 2 heterocycles. The fraction of sp³-hybridized carbons (Fsp3) is 0.333. The van der Waals surface area contributed by atoms with Gasteiger partial charge in [0.25, 0.3) is 5.91 Å². The number of para-hydroxylation sites is 1. The van der Waals surface area contributed by atoms with Crippen LogP contribution in [0.5, 0.6) is 0 Å². The molecule has 1 aromatic heterocycles. The molecule has 0 radical (unpaired) electrons. The summed E-state index contributed by atoms with van der Waals surface area (Å²) in [6, 6.07) is 7.08. The predicted octanol–water partition coefficient (Wildman–Crippen LogP) is 5.00. The Bertz CT molecular complexity index is 731. The van der Waals surface area contributed by atoms with Gasteiger partial charge in [-0.1, -0.05) is 36.2 Å². The smallest absolute Gasteiger partial charge is 0.255 e. The number of hydrogen-bond donors (Lipinski definition) is 1. The maximum atomic E-state index is 12.7. The molecular formula is C18H19Cl2N3O. The van der Waals surface area contributed by atoms with Crippen molar-refractivity contribution in [2.24, 2.45) is 5.92 Å². The fourth-order valence-electron chi connectivity index (χ4n) is 2.94. The molecule has 0 aliphatic carbocycles. The van der Waals surface area contributed by atoms with Gasteiger partial charge in [-0.3, -0.25) is 9.78 Å². The minimum Gasteiger partial charge on any atom is -0.352 e. The van der Waals surface area contributed by atoms with Gasteiger partial charge in [0.15, 0.2) is 0 Å². The maximum Gasteiger partial charge on any atom is 0.255 e. The summed E-state index contributed by atoms with van der Waals surface area (Å²) < 4.78 is 0. The third kappa shape index (κ3) is 3.82. The van der Waals surface area contributed by atoms with E-state index in [2.05, 4.69) is 17.2 Å². The summed E-state index contributed by atoms with van der Waals surface area (Å²) in [7, 11) is 0. The van der Waals surface area contributed by atoms with Gasteiger partial charge < -0.3 is 10.2 Å². The average Bonchev–Trinajstić information content (AvgIpc) is 2.58. The van der Waals surface area contributed by atoms with Crippen LogP contribution in [-0.2, 0) is 0 Å². The Morgan fingerprint density at radius 3 is 2.75 bits per heavy atom. The third-order valence-electron chi connectivity index (χ3n) is 4.16. The summed E-state index contributed by atoms with van der Waals surface area (Å²) >= 11 is 12.4. The van der Waals surface area contributed by atoms with Crippen LogP contribution in [0.1, 0.15) is 30.1 Å². The summed E-state index contributed by atoms with van der Waals surface area (Å²) in [6.45, 7) is 3.78. The highest BCUT2D eigenvalue weighted by Gasteiger charge is 2.22. The first-order valence-corrected chi connectivity index (χ1v) is 8.75. The number of hydrogen-bond acceptors (Lipinski definition) is 3. The van der Waals surface area contributed by atoms with Crippen LogP contribution >= 0.6 is 23.2 Å². The molecule has 6 heteroatoms. The van der Waals surface area contributed by atoms with E-state index in [4.69, 9.17) is 23.2 Å². The SMILES string of the molecule is CC1CCCN(C(=O)c2cncc(Nc3c(Cl)cccc3Cl)c2)C1. The zero-order chi connectivity index (χ0) is 17.1. The molecule has 0 saturated carbocycles. The van der Waals surface area contributed by atoms with Crippen molar-refractivity contribution in [3.05, 3.63) is 52.3 Å². The van der Waals surface area contributed by atoms with Crippen LogP contribution in [0.3, 0.4) is 0 Å². The second-order valence-electron chi connectivity index (χ2n) is 6.18. The van der Waals surface area contributed by atoms with Gasteiger partial charge in [0.1, 0.15) is 0 Å². The molecule has 1 aliphatic rings. The molecule has 24 heavy (non-hydrogen) atoms. The van der Waals surface area contributed by atoms with Gasteiger partial charge in [0, 0.05) is 19.3 Å². The Kier molecular flexibility index (Phi) is 5.27. The molecule has 3 rings (SSSR count). The Hall–Kier alpha value is -1.78. The number of likely N-dealkylation sites (tertiary alicyclic amines) is 1. The number of carbonyl (C=O) groups excluding carboxylic acids is 1. The van der Waals surface area contributed by atoms with Gasteiger partial charge in [0.05, 0.1) is 33.2 Å². The lowest BCUT2D eigenvalue weighted by Crippen LogP contribution is -2.39. The molecule has 1 aliphatic heterocycles. The molecule has 1 atom stereocenters. The van der Waals surface area contributed by atoms with Gasteiger partial charge in [0.2, 0.25) is 0 Å². The van der Waals surface area contributed by atoms with Crippen molar-refractivity contribution in [3.63, 3.8) is 0 Å². The van der Waals surface area contributed by atoms with Crippen molar-refractivity contribution in [1.82, 2.24) is 9.88 Å². The largest absolute Gasteiger partial charge is 0.352 e. The van der Waals surface area contributed by atoms with Gasteiger partial charge in [-0.05, 0) is 37.0 Å². The number of pyridine rings is 1. The van der Waals surface area contributed by atoms with Crippen molar-refractivity contribution in [2.45, 2.75) is 19.8 Å². The highest BCUT2D eigenvalue weighted by atomic mass is 35.5. The first kappa shape index (κ1) is 17.1. The second kappa shape index (κ2) is 7.41. The molecule has 1 saturated heterocycles. The Labute approximate surface area is 151 Å². The quantitative estimate of drug-likeness (QED) is 0.833. The number of benzene rings is 1. The van der Waals surface area contributed by atoms with E-state index < -0.39 is 0 Å². The Balaban J connectivity index is 1.80. The number of halogens is 2. The fourth-order valence-corrected chi connectivity index (χ4v) is 3.44. The Morgan fingerprint density at radius 2 is 2.04 bits per heavy atom. The van der Waals surface area contributed by atoms with Crippen LogP contribution in [0, 0.1) is 5.92 Å². The van der Waals surface area contributed by atoms with Gasteiger partial charge in [-0.25, -0.2) is 0 Å². The van der Waals surface area contributed by atoms with E-state index in [9.17, 15) is 4.79 Å². The molecule has 4 nitrogen and oxygen atoms in total. The first-order valence-electron chi connectivity index (χ1n) is 8.00. The average molecular weight is 364 g/mol. The minimum absolute atomic E-state index is 0.0166. The maximum absolute atomic E-state index is 12.7. The highest BCUT2D eigenvalue weighted by molar-refractivity contribution is 6.39. The van der Waals surface area contributed by atoms with Gasteiger partial charge in [-0.15, -0.1) is 0 Å². The topological polar surface area (TPSA) is 45.2 Å². The number of anilines is 2. The zero-order valence-corrected chi connectivity index (χ0v) is 14.9. The minimum atomic E-state index is 0.0166. The van der Waals surface area contributed by atoms with E-state index in [1.807, 2.05) is 4.90 Å². The predicted molar refractivity (Wildman–Crippen MR) is 98.3 cm³/mol. The molecule has 1 amide bonds. The van der Waals surface area contributed by atoms with E-state index in [-0.39, 0.29) is 5.91 Å². The van der Waals surface area contributed by atoms with E-state index >= 15 is 0 Å². The highest BCUT2D eigenvalue weighted by Crippen LogP contribution is 2.32. The van der Waals surface area contributed by atoms with Crippen LogP contribution in [-0.4, -0.2) is 28.9 Å². The van der Waals surface area contributed by atoms with Crippen LogP contribution < -0.4 is 5.32 Å². The summed E-state index contributed by atoms with van der Waals surface area (Å²) in [5.74, 6) is 0.557. The standard InChI is InChI=1S/C18H19Cl2N3O/c1-12-4-3-7-23(11-12)18(24)13-8-14(10-21-9-13)22-17-15(19)5-2-6-16(17)20/h2,5-6,8-10,12,22H,3-4,7,11H2,1H3. The molecular weight excluding hydrogens is 345 g/mol. The number of carbonyl (C=O) groups is 1. The van der Waals surface area contributed by atoms with E-state index in [1.165, 1.54) is 6.42 Å². The van der Waals surface area contributed by atoms with Crippen molar-refractivity contribution >= 4 is 40.5 Å². The lowest BCUT2D eigenvalue weighted by molar-refractivity contribution is 0.0682. The van der Waals surface area contributed by atoms with E-state index in [1.54, 1.807) is 36.7 Å². The number of amides is 1. The lowest BCUT2D eigenvalue weighted by atomic mass is 10.00. The van der Waals surface area contributed by atoms with Crippen molar-refractivity contribution in [1.29, 1.82) is 0 Å². The van der Waals surface area contributed by atoms with Gasteiger partial charge >= 0.3 is 0 Å². The molecule has 126 valence electrons. The van der Waals surface area contributed by atoms with Gasteiger partial charge in [-0.2, -0.15) is 0 Å². The lowest BCUT2D eigenvalue weighted by Gasteiger charge is -2.31. The van der Waals surface area contributed by atoms with Crippen molar-refractivity contribution < 1.29 is 4.79 Å². The molecule has 2 aromatic rings. The number of aromatic nitrogens is 1. The number of nitrogens with zero attached hydrogens (tertiary/aromatic N) is 2. The summed E-state index contributed by atoms with van der Waals surface area (Å²) in [5, 5.41) is 4.19. The summed E-state index contributed by atoms with van der Waals surface area (Å²) in [4.78, 5) is 18.8. The van der Waals surface area contributed by atoms with Crippen LogP contribution in [0.4, 0.5) is 11.4 Å². The number of rotatable bonds is 3. The monoisotopic (exact) mass is 363 g/mol. The molecule has 1 N–H and O–H groups in total. The summed E-state index contributed by atoms with van der Waals surface area (Å²) in [5.41, 5.74) is 1.86. The molecule has 1 unspecified atom stereocenters. The second-order valence-corrected chi connectivity index (χ2v) is 7.00.